The molecule has 0 bridgehead atoms. The van der Waals surface area contributed by atoms with Gasteiger partial charge in [0.25, 0.3) is 0 Å². The van der Waals surface area contributed by atoms with Crippen LogP contribution in [-0.4, -0.2) is 44.3 Å². The fourth-order valence-electron chi connectivity index (χ4n) is 2.52. The van der Waals surface area contributed by atoms with Gasteiger partial charge in [0.1, 0.15) is 0 Å². The van der Waals surface area contributed by atoms with E-state index in [-0.39, 0.29) is 5.97 Å². The summed E-state index contributed by atoms with van der Waals surface area (Å²) in [6.45, 7) is 3.07. The standard InChI is InChI=1S/C21H27N3O2/c1-16(18-9-7-17(8-10-18)6-5-15-24(2)3)22-23-20-13-11-19(12-14-20)21(25)26-4/h7-14,23H,5-6,15H2,1-4H3. The number of hydrazone groups is 1. The molecule has 0 atom stereocenters. The molecule has 0 amide bonds. The van der Waals surface area contributed by atoms with Crippen molar-refractivity contribution in [2.45, 2.75) is 19.8 Å². The molecule has 0 radical (unpaired) electrons. The molecule has 5 heteroatoms. The highest BCUT2D eigenvalue weighted by Crippen LogP contribution is 2.12. The number of benzene rings is 2. The van der Waals surface area contributed by atoms with E-state index in [1.807, 2.05) is 6.92 Å². The van der Waals surface area contributed by atoms with Gasteiger partial charge in [-0.25, -0.2) is 4.79 Å². The van der Waals surface area contributed by atoms with Crippen LogP contribution < -0.4 is 5.43 Å². The summed E-state index contributed by atoms with van der Waals surface area (Å²) in [7, 11) is 5.56. The van der Waals surface area contributed by atoms with Crippen LogP contribution in [0.1, 0.15) is 34.8 Å². The van der Waals surface area contributed by atoms with Crippen LogP contribution >= 0.6 is 0 Å². The minimum Gasteiger partial charge on any atom is -0.465 e. The number of esters is 1. The minimum atomic E-state index is -0.345. The Morgan fingerprint density at radius 2 is 1.65 bits per heavy atom. The van der Waals surface area contributed by atoms with Gasteiger partial charge in [0.15, 0.2) is 0 Å². The number of aryl methyl sites for hydroxylation is 1. The zero-order valence-electron chi connectivity index (χ0n) is 16.0. The quantitative estimate of drug-likeness (QED) is 0.445. The number of hydrogen-bond acceptors (Lipinski definition) is 5. The second kappa shape index (κ2) is 9.73. The van der Waals surface area contributed by atoms with Crippen LogP contribution in [0.3, 0.4) is 0 Å². The van der Waals surface area contributed by atoms with E-state index in [9.17, 15) is 4.79 Å². The molecule has 0 aliphatic rings. The fourth-order valence-corrected chi connectivity index (χ4v) is 2.52. The highest BCUT2D eigenvalue weighted by molar-refractivity contribution is 5.99. The molecule has 0 fully saturated rings. The summed E-state index contributed by atoms with van der Waals surface area (Å²) in [5.74, 6) is -0.345. The topological polar surface area (TPSA) is 53.9 Å². The Morgan fingerprint density at radius 3 is 2.23 bits per heavy atom. The molecule has 0 saturated carbocycles. The average molecular weight is 353 g/mol. The molecule has 2 rings (SSSR count). The number of methoxy groups -OCH3 is 1. The van der Waals surface area contributed by atoms with E-state index >= 15 is 0 Å². The first-order valence-corrected chi connectivity index (χ1v) is 8.72. The van der Waals surface area contributed by atoms with Gasteiger partial charge in [-0.05, 0) is 75.8 Å². The molecule has 0 aliphatic carbocycles. The van der Waals surface area contributed by atoms with Crippen molar-refractivity contribution >= 4 is 17.4 Å². The Hall–Kier alpha value is -2.66. The van der Waals surface area contributed by atoms with Crippen LogP contribution in [0.4, 0.5) is 5.69 Å². The van der Waals surface area contributed by atoms with Gasteiger partial charge < -0.3 is 9.64 Å². The first-order valence-electron chi connectivity index (χ1n) is 8.72. The predicted molar refractivity (Wildman–Crippen MR) is 107 cm³/mol. The third kappa shape index (κ3) is 6.01. The zero-order chi connectivity index (χ0) is 18.9. The van der Waals surface area contributed by atoms with Gasteiger partial charge in [-0.3, -0.25) is 5.43 Å². The van der Waals surface area contributed by atoms with Crippen LogP contribution in [0.15, 0.2) is 53.6 Å². The first-order chi connectivity index (χ1) is 12.5. The van der Waals surface area contributed by atoms with Crippen molar-refractivity contribution in [3.8, 4) is 0 Å². The summed E-state index contributed by atoms with van der Waals surface area (Å²) < 4.78 is 4.69. The monoisotopic (exact) mass is 353 g/mol. The average Bonchev–Trinajstić information content (AvgIpc) is 2.66. The Bertz CT molecular complexity index is 735. The lowest BCUT2D eigenvalue weighted by Crippen LogP contribution is -2.13. The Balaban J connectivity index is 1.93. The van der Waals surface area contributed by atoms with Gasteiger partial charge >= 0.3 is 5.97 Å². The normalized spacial score (nSPS) is 11.5. The van der Waals surface area contributed by atoms with E-state index in [2.05, 4.69) is 58.5 Å². The summed E-state index contributed by atoms with van der Waals surface area (Å²) in [5.41, 5.74) is 7.68. The van der Waals surface area contributed by atoms with E-state index in [0.717, 1.165) is 36.3 Å². The van der Waals surface area contributed by atoms with Gasteiger partial charge in [0, 0.05) is 0 Å². The number of nitrogens with one attached hydrogen (secondary N) is 1. The first kappa shape index (κ1) is 19.7. The van der Waals surface area contributed by atoms with Crippen molar-refractivity contribution in [2.75, 3.05) is 33.2 Å². The SMILES string of the molecule is COC(=O)c1ccc(NN=C(C)c2ccc(CCCN(C)C)cc2)cc1. The van der Waals surface area contributed by atoms with E-state index in [1.54, 1.807) is 24.3 Å². The molecule has 26 heavy (non-hydrogen) atoms. The third-order valence-electron chi connectivity index (χ3n) is 4.10. The van der Waals surface area contributed by atoms with Crippen molar-refractivity contribution < 1.29 is 9.53 Å². The van der Waals surface area contributed by atoms with Gasteiger partial charge in [0.2, 0.25) is 0 Å². The van der Waals surface area contributed by atoms with Gasteiger partial charge in [-0.2, -0.15) is 5.10 Å². The number of carbonyl (C=O) groups is 1. The number of rotatable bonds is 8. The Morgan fingerprint density at radius 1 is 1.04 bits per heavy atom. The van der Waals surface area contributed by atoms with Crippen LogP contribution in [0, 0.1) is 0 Å². The molecule has 0 saturated heterocycles. The second-order valence-corrected chi connectivity index (χ2v) is 6.48. The van der Waals surface area contributed by atoms with Crippen LogP contribution in [0.5, 0.6) is 0 Å². The molecule has 2 aromatic rings. The largest absolute Gasteiger partial charge is 0.465 e. The van der Waals surface area contributed by atoms with Gasteiger partial charge in [-0.1, -0.05) is 24.3 Å². The number of ether oxygens (including phenoxy) is 1. The van der Waals surface area contributed by atoms with Crippen molar-refractivity contribution in [3.63, 3.8) is 0 Å². The maximum atomic E-state index is 11.4. The second-order valence-electron chi connectivity index (χ2n) is 6.48. The van der Waals surface area contributed by atoms with E-state index in [4.69, 9.17) is 0 Å². The smallest absolute Gasteiger partial charge is 0.337 e. The zero-order valence-corrected chi connectivity index (χ0v) is 16.0. The number of hydrogen-bond donors (Lipinski definition) is 1. The summed E-state index contributed by atoms with van der Waals surface area (Å²) in [5, 5.41) is 4.42. The fraction of sp³-hybridized carbons (Fsp3) is 0.333. The summed E-state index contributed by atoms with van der Waals surface area (Å²) in [6, 6.07) is 15.6. The van der Waals surface area contributed by atoms with Crippen molar-refractivity contribution in [1.29, 1.82) is 0 Å². The maximum Gasteiger partial charge on any atom is 0.337 e. The maximum absolute atomic E-state index is 11.4. The molecule has 2 aromatic carbocycles. The predicted octanol–water partition coefficient (Wildman–Crippen LogP) is 3.80. The summed E-state index contributed by atoms with van der Waals surface area (Å²) >= 11 is 0. The molecule has 138 valence electrons. The molecule has 5 nitrogen and oxygen atoms in total. The molecular formula is C21H27N3O2. The third-order valence-corrected chi connectivity index (χ3v) is 4.10. The molecule has 0 unspecified atom stereocenters. The number of nitrogens with zero attached hydrogens (tertiary/aromatic N) is 2. The molecule has 0 spiro atoms. The highest BCUT2D eigenvalue weighted by Gasteiger charge is 2.04. The highest BCUT2D eigenvalue weighted by atomic mass is 16.5. The van der Waals surface area contributed by atoms with Crippen molar-refractivity contribution in [1.82, 2.24) is 4.90 Å². The Kier molecular flexibility index (Phi) is 7.36. The van der Waals surface area contributed by atoms with Crippen LogP contribution in [0.25, 0.3) is 0 Å². The number of carbonyl (C=O) groups excluding carboxylic acids is 1. The minimum absolute atomic E-state index is 0.345. The summed E-state index contributed by atoms with van der Waals surface area (Å²) in [4.78, 5) is 13.6. The van der Waals surface area contributed by atoms with E-state index in [0.29, 0.717) is 5.56 Å². The van der Waals surface area contributed by atoms with Gasteiger partial charge in [-0.15, -0.1) is 0 Å². The summed E-state index contributed by atoms with van der Waals surface area (Å²) in [6.07, 6.45) is 2.24. The van der Waals surface area contributed by atoms with Crippen molar-refractivity contribution in [3.05, 3.63) is 65.2 Å². The van der Waals surface area contributed by atoms with Crippen molar-refractivity contribution in [2.24, 2.45) is 5.10 Å². The van der Waals surface area contributed by atoms with Crippen LogP contribution in [0.2, 0.25) is 0 Å². The van der Waals surface area contributed by atoms with E-state index in [1.165, 1.54) is 12.7 Å². The lowest BCUT2D eigenvalue weighted by atomic mass is 10.1. The molecule has 0 aliphatic heterocycles. The van der Waals surface area contributed by atoms with Crippen LogP contribution in [-0.2, 0) is 11.2 Å². The lowest BCUT2D eigenvalue weighted by Gasteiger charge is -2.09. The molecule has 1 N–H and O–H groups in total. The lowest BCUT2D eigenvalue weighted by molar-refractivity contribution is 0.0601. The van der Waals surface area contributed by atoms with E-state index < -0.39 is 0 Å². The Labute approximate surface area is 155 Å². The number of anilines is 1. The molecule has 0 heterocycles. The molecule has 0 aromatic heterocycles. The molecular weight excluding hydrogens is 326 g/mol. The van der Waals surface area contributed by atoms with Gasteiger partial charge in [0.05, 0.1) is 24.1 Å².